The maximum Gasteiger partial charge on any atom is 0.514 e. The van der Waals surface area contributed by atoms with Gasteiger partial charge in [-0.25, -0.2) is 4.79 Å². The van der Waals surface area contributed by atoms with Crippen LogP contribution in [-0.2, 0) is 11.3 Å². The van der Waals surface area contributed by atoms with Gasteiger partial charge in [-0.3, -0.25) is 4.79 Å². The number of rotatable bonds is 3. The molecule has 0 amide bonds. The predicted octanol–water partition coefficient (Wildman–Crippen LogP) is 2.36. The highest BCUT2D eigenvalue weighted by atomic mass is 16.7. The van der Waals surface area contributed by atoms with Crippen LogP contribution in [0.2, 0.25) is 0 Å². The molecule has 0 saturated carbocycles. The predicted molar refractivity (Wildman–Crippen MR) is 62.2 cm³/mol. The average Bonchev–Trinajstić information content (AvgIpc) is 2.38. The number of ether oxygens (including phenoxy) is 2. The lowest BCUT2D eigenvalue weighted by Crippen LogP contribution is -2.11. The van der Waals surface area contributed by atoms with E-state index in [0.717, 1.165) is 0 Å². The van der Waals surface area contributed by atoms with Crippen molar-refractivity contribution in [2.24, 2.45) is 0 Å². The average molecular weight is 246 g/mol. The fraction of sp³-hybridized carbons (Fsp3) is 0.0769. The summed E-state index contributed by atoms with van der Waals surface area (Å²) in [6, 6.07) is 11.0. The maximum atomic E-state index is 11.3. The summed E-state index contributed by atoms with van der Waals surface area (Å²) in [5.41, 5.74) is -0.212. The summed E-state index contributed by atoms with van der Waals surface area (Å²) in [4.78, 5) is 22.3. The molecule has 0 aliphatic rings. The van der Waals surface area contributed by atoms with Gasteiger partial charge in [-0.1, -0.05) is 18.2 Å². The number of carbonyl (C=O) groups excluding carboxylic acids is 1. The molecule has 2 rings (SSSR count). The van der Waals surface area contributed by atoms with Crippen molar-refractivity contribution in [2.45, 2.75) is 6.61 Å². The van der Waals surface area contributed by atoms with Crippen molar-refractivity contribution in [3.8, 4) is 5.75 Å². The second-order valence-corrected chi connectivity index (χ2v) is 3.39. The molecule has 1 aromatic carbocycles. The summed E-state index contributed by atoms with van der Waals surface area (Å²) in [7, 11) is 0. The van der Waals surface area contributed by atoms with E-state index >= 15 is 0 Å². The van der Waals surface area contributed by atoms with Crippen molar-refractivity contribution < 1.29 is 18.7 Å². The molecule has 0 atom stereocenters. The van der Waals surface area contributed by atoms with Gasteiger partial charge in [-0.05, 0) is 12.1 Å². The van der Waals surface area contributed by atoms with E-state index in [-0.39, 0.29) is 17.8 Å². The largest absolute Gasteiger partial charge is 0.514 e. The van der Waals surface area contributed by atoms with Crippen LogP contribution >= 0.6 is 0 Å². The lowest BCUT2D eigenvalue weighted by Gasteiger charge is -2.04. The molecule has 2 aromatic rings. The zero-order chi connectivity index (χ0) is 12.8. The van der Waals surface area contributed by atoms with Crippen LogP contribution in [0.25, 0.3) is 0 Å². The zero-order valence-electron chi connectivity index (χ0n) is 9.37. The molecule has 0 aliphatic heterocycles. The summed E-state index contributed by atoms with van der Waals surface area (Å²) in [5, 5.41) is 0. The van der Waals surface area contributed by atoms with Crippen LogP contribution in [0.5, 0.6) is 5.75 Å². The Morgan fingerprint density at radius 1 is 1.17 bits per heavy atom. The summed E-state index contributed by atoms with van der Waals surface area (Å²) < 4.78 is 14.7. The first-order valence-electron chi connectivity index (χ1n) is 5.21. The van der Waals surface area contributed by atoms with Crippen molar-refractivity contribution in [3.05, 3.63) is 64.7 Å². The fourth-order valence-electron chi connectivity index (χ4n) is 1.25. The second kappa shape index (κ2) is 5.67. The van der Waals surface area contributed by atoms with Crippen molar-refractivity contribution >= 4 is 6.16 Å². The smallest absolute Gasteiger partial charge is 0.465 e. The summed E-state index contributed by atoms with van der Waals surface area (Å²) in [6.45, 7) is -0.151. The Morgan fingerprint density at radius 3 is 2.67 bits per heavy atom. The minimum atomic E-state index is -0.854. The van der Waals surface area contributed by atoms with Gasteiger partial charge in [0.25, 0.3) is 0 Å². The third kappa shape index (κ3) is 3.48. The van der Waals surface area contributed by atoms with Crippen LogP contribution in [0.4, 0.5) is 4.79 Å². The lowest BCUT2D eigenvalue weighted by molar-refractivity contribution is 0.0858. The number of hydrogen-bond acceptors (Lipinski definition) is 5. The minimum Gasteiger partial charge on any atom is -0.465 e. The number of para-hydroxylation sites is 1. The molecule has 0 unspecified atom stereocenters. The number of benzene rings is 1. The van der Waals surface area contributed by atoms with Crippen LogP contribution in [-0.4, -0.2) is 6.16 Å². The maximum absolute atomic E-state index is 11.3. The topological polar surface area (TPSA) is 65.7 Å². The van der Waals surface area contributed by atoms with Gasteiger partial charge in [0.15, 0.2) is 12.0 Å². The number of carbonyl (C=O) groups is 1. The van der Waals surface area contributed by atoms with E-state index in [4.69, 9.17) is 13.9 Å². The molecule has 0 radical (unpaired) electrons. The van der Waals surface area contributed by atoms with E-state index in [1.54, 1.807) is 30.3 Å². The van der Waals surface area contributed by atoms with Crippen LogP contribution < -0.4 is 10.2 Å². The third-order valence-corrected chi connectivity index (χ3v) is 2.03. The molecule has 0 N–H and O–H groups in total. The SMILES string of the molecule is O=C(OCc1cc(=O)cco1)Oc1ccccc1. The second-order valence-electron chi connectivity index (χ2n) is 3.39. The van der Waals surface area contributed by atoms with Crippen molar-refractivity contribution in [3.63, 3.8) is 0 Å². The van der Waals surface area contributed by atoms with Crippen LogP contribution in [0, 0.1) is 0 Å². The molecule has 5 nitrogen and oxygen atoms in total. The number of hydrogen-bond donors (Lipinski definition) is 0. The van der Waals surface area contributed by atoms with E-state index < -0.39 is 6.16 Å². The first-order valence-corrected chi connectivity index (χ1v) is 5.21. The molecule has 1 aromatic heterocycles. The molecule has 0 aliphatic carbocycles. The van der Waals surface area contributed by atoms with E-state index in [9.17, 15) is 9.59 Å². The first-order chi connectivity index (χ1) is 8.74. The van der Waals surface area contributed by atoms with E-state index in [2.05, 4.69) is 0 Å². The summed E-state index contributed by atoms with van der Waals surface area (Å²) >= 11 is 0. The molecule has 0 saturated heterocycles. The third-order valence-electron chi connectivity index (χ3n) is 2.03. The fourth-order valence-corrected chi connectivity index (χ4v) is 1.25. The van der Waals surface area contributed by atoms with Gasteiger partial charge < -0.3 is 13.9 Å². The highest BCUT2D eigenvalue weighted by Crippen LogP contribution is 2.09. The van der Waals surface area contributed by atoms with Gasteiger partial charge in [0.05, 0.1) is 6.26 Å². The Kier molecular flexibility index (Phi) is 3.76. The van der Waals surface area contributed by atoms with Gasteiger partial charge in [-0.15, -0.1) is 0 Å². The van der Waals surface area contributed by atoms with Crippen LogP contribution in [0.15, 0.2) is 57.9 Å². The van der Waals surface area contributed by atoms with Gasteiger partial charge in [0, 0.05) is 12.1 Å². The lowest BCUT2D eigenvalue weighted by atomic mass is 10.3. The van der Waals surface area contributed by atoms with E-state index in [1.165, 1.54) is 18.4 Å². The molecular formula is C13H10O5. The van der Waals surface area contributed by atoms with Crippen LogP contribution in [0.3, 0.4) is 0 Å². The zero-order valence-corrected chi connectivity index (χ0v) is 9.37. The van der Waals surface area contributed by atoms with Crippen molar-refractivity contribution in [2.75, 3.05) is 0 Å². The molecule has 0 bridgehead atoms. The minimum absolute atomic E-state index is 0.151. The molecule has 0 spiro atoms. The monoisotopic (exact) mass is 246 g/mol. The van der Waals surface area contributed by atoms with Crippen LogP contribution in [0.1, 0.15) is 5.76 Å². The molecular weight excluding hydrogens is 236 g/mol. The highest BCUT2D eigenvalue weighted by Gasteiger charge is 2.07. The molecule has 5 heteroatoms. The quantitative estimate of drug-likeness (QED) is 0.614. The Bertz CT molecular complexity index is 573. The standard InChI is InChI=1S/C13H10O5/c14-10-6-7-16-12(8-10)9-17-13(15)18-11-4-2-1-3-5-11/h1-8H,9H2. The Hall–Kier alpha value is -2.56. The molecule has 0 fully saturated rings. The van der Waals surface area contributed by atoms with E-state index in [1.807, 2.05) is 0 Å². The van der Waals surface area contributed by atoms with Gasteiger partial charge >= 0.3 is 6.16 Å². The summed E-state index contributed by atoms with van der Waals surface area (Å²) in [5.74, 6) is 0.643. The highest BCUT2D eigenvalue weighted by molar-refractivity contribution is 5.63. The Balaban J connectivity index is 1.87. The van der Waals surface area contributed by atoms with Gasteiger partial charge in [-0.2, -0.15) is 0 Å². The van der Waals surface area contributed by atoms with Crippen molar-refractivity contribution in [1.82, 2.24) is 0 Å². The Morgan fingerprint density at radius 2 is 1.94 bits per heavy atom. The molecule has 92 valence electrons. The van der Waals surface area contributed by atoms with Gasteiger partial charge in [0.1, 0.15) is 11.5 Å². The van der Waals surface area contributed by atoms with E-state index in [0.29, 0.717) is 5.75 Å². The Labute approximate surface area is 103 Å². The molecule has 18 heavy (non-hydrogen) atoms. The molecule has 1 heterocycles. The van der Waals surface area contributed by atoms with Gasteiger partial charge in [0.2, 0.25) is 0 Å². The normalized spacial score (nSPS) is 9.78. The summed E-state index contributed by atoms with van der Waals surface area (Å²) in [6.07, 6.45) is 0.386. The van der Waals surface area contributed by atoms with Crippen molar-refractivity contribution in [1.29, 1.82) is 0 Å². The first kappa shape index (κ1) is 11.9.